The number of fused-ring (bicyclic) bond motifs is 1. The standard InChI is InChI=1S/C25H36N4O2S/c1-3-4-5-6-7-8-9-10-11-15-18-29-21-22(28(2)24(31)27-23(21)30)26-25(29)32-19-20-16-13-12-14-17-20/h12-14,16-17H,3-11,15,18-19H2,1-2H3,(H,27,30,31). The van der Waals surface area contributed by atoms with Crippen LogP contribution in [0.1, 0.15) is 76.7 Å². The van der Waals surface area contributed by atoms with Gasteiger partial charge in [-0.15, -0.1) is 0 Å². The number of imidazole rings is 1. The van der Waals surface area contributed by atoms with Crippen molar-refractivity contribution in [2.45, 2.75) is 88.6 Å². The summed E-state index contributed by atoms with van der Waals surface area (Å²) in [4.78, 5) is 31.8. The minimum Gasteiger partial charge on any atom is -0.313 e. The Morgan fingerprint density at radius 3 is 2.19 bits per heavy atom. The van der Waals surface area contributed by atoms with Gasteiger partial charge in [-0.25, -0.2) is 9.78 Å². The number of nitrogens with one attached hydrogen (secondary N) is 1. The average molecular weight is 457 g/mol. The Hall–Kier alpha value is -2.28. The van der Waals surface area contributed by atoms with E-state index in [0.717, 1.165) is 30.3 Å². The van der Waals surface area contributed by atoms with Crippen molar-refractivity contribution in [3.8, 4) is 0 Å². The van der Waals surface area contributed by atoms with E-state index in [4.69, 9.17) is 0 Å². The van der Waals surface area contributed by atoms with Crippen molar-refractivity contribution in [3.05, 3.63) is 56.7 Å². The van der Waals surface area contributed by atoms with Crippen LogP contribution in [0.2, 0.25) is 0 Å². The van der Waals surface area contributed by atoms with Crippen LogP contribution in [0.3, 0.4) is 0 Å². The summed E-state index contributed by atoms with van der Waals surface area (Å²) in [5.74, 6) is 0.772. The third-order valence-corrected chi connectivity index (χ3v) is 6.97. The molecular formula is C25H36N4O2S. The zero-order valence-corrected chi connectivity index (χ0v) is 20.3. The molecule has 32 heavy (non-hydrogen) atoms. The molecule has 0 amide bonds. The molecule has 0 unspecified atom stereocenters. The number of thioether (sulfide) groups is 1. The summed E-state index contributed by atoms with van der Waals surface area (Å²) in [5.41, 5.74) is 1.39. The van der Waals surface area contributed by atoms with Crippen molar-refractivity contribution < 1.29 is 0 Å². The second kappa shape index (κ2) is 12.7. The van der Waals surface area contributed by atoms with Crippen LogP contribution < -0.4 is 11.2 Å². The van der Waals surface area contributed by atoms with Gasteiger partial charge in [-0.3, -0.25) is 14.3 Å². The Morgan fingerprint density at radius 2 is 1.53 bits per heavy atom. The molecule has 2 aromatic heterocycles. The van der Waals surface area contributed by atoms with Gasteiger partial charge in [0.1, 0.15) is 0 Å². The van der Waals surface area contributed by atoms with Crippen molar-refractivity contribution >= 4 is 22.9 Å². The normalized spacial score (nSPS) is 11.4. The Kier molecular flexibility index (Phi) is 9.65. The van der Waals surface area contributed by atoms with E-state index in [0.29, 0.717) is 11.2 Å². The third-order valence-electron chi connectivity index (χ3n) is 5.92. The van der Waals surface area contributed by atoms with E-state index in [9.17, 15) is 9.59 Å². The molecule has 3 rings (SSSR count). The first-order chi connectivity index (χ1) is 15.6. The Balaban J connectivity index is 1.62. The van der Waals surface area contributed by atoms with Crippen LogP contribution >= 0.6 is 11.8 Å². The van der Waals surface area contributed by atoms with Crippen molar-refractivity contribution in [2.75, 3.05) is 0 Å². The summed E-state index contributed by atoms with van der Waals surface area (Å²) in [7, 11) is 1.66. The summed E-state index contributed by atoms with van der Waals surface area (Å²) >= 11 is 1.61. The SMILES string of the molecule is CCCCCCCCCCCCn1c(SCc2ccccc2)nc2c1c(=O)[nH]c(=O)n2C. The predicted molar refractivity (Wildman–Crippen MR) is 133 cm³/mol. The molecule has 0 aliphatic rings. The summed E-state index contributed by atoms with van der Waals surface area (Å²) in [5, 5.41) is 0.798. The Bertz CT molecular complexity index is 1090. The highest BCUT2D eigenvalue weighted by molar-refractivity contribution is 7.98. The van der Waals surface area contributed by atoms with E-state index in [-0.39, 0.29) is 5.56 Å². The van der Waals surface area contributed by atoms with Crippen LogP contribution in [-0.2, 0) is 19.3 Å². The summed E-state index contributed by atoms with van der Waals surface area (Å²) in [6.07, 6.45) is 12.7. The molecule has 6 nitrogen and oxygen atoms in total. The molecule has 0 fully saturated rings. The number of aromatic amines is 1. The fourth-order valence-electron chi connectivity index (χ4n) is 4.01. The van der Waals surface area contributed by atoms with Crippen LogP contribution in [0.25, 0.3) is 11.2 Å². The van der Waals surface area contributed by atoms with Gasteiger partial charge in [-0.1, -0.05) is 107 Å². The van der Waals surface area contributed by atoms with Gasteiger partial charge in [0.15, 0.2) is 16.3 Å². The lowest BCUT2D eigenvalue weighted by Crippen LogP contribution is -2.29. The summed E-state index contributed by atoms with van der Waals surface area (Å²) < 4.78 is 3.43. The number of unbranched alkanes of at least 4 members (excludes halogenated alkanes) is 9. The maximum atomic E-state index is 12.6. The van der Waals surface area contributed by atoms with Gasteiger partial charge >= 0.3 is 5.69 Å². The molecule has 0 spiro atoms. The number of rotatable bonds is 14. The number of hydrogen-bond acceptors (Lipinski definition) is 4. The molecule has 174 valence electrons. The number of benzene rings is 1. The Labute approximate surface area is 194 Å². The quantitative estimate of drug-likeness (QED) is 0.252. The van der Waals surface area contributed by atoms with Crippen molar-refractivity contribution in [1.29, 1.82) is 0 Å². The van der Waals surface area contributed by atoms with Gasteiger partial charge in [-0.05, 0) is 12.0 Å². The zero-order valence-electron chi connectivity index (χ0n) is 19.4. The van der Waals surface area contributed by atoms with E-state index in [1.165, 1.54) is 61.5 Å². The van der Waals surface area contributed by atoms with Crippen LogP contribution in [0.5, 0.6) is 0 Å². The number of aryl methyl sites for hydroxylation is 2. The lowest BCUT2D eigenvalue weighted by Gasteiger charge is -2.09. The molecule has 3 aromatic rings. The molecule has 0 atom stereocenters. The fourth-order valence-corrected chi connectivity index (χ4v) is 4.99. The molecule has 2 heterocycles. The highest BCUT2D eigenvalue weighted by Crippen LogP contribution is 2.25. The molecule has 7 heteroatoms. The molecular weight excluding hydrogens is 420 g/mol. The molecule has 0 radical (unpaired) electrons. The van der Waals surface area contributed by atoms with E-state index in [1.807, 2.05) is 22.8 Å². The van der Waals surface area contributed by atoms with E-state index in [2.05, 4.69) is 29.0 Å². The van der Waals surface area contributed by atoms with Gasteiger partial charge in [0.25, 0.3) is 5.56 Å². The number of nitrogens with zero attached hydrogens (tertiary/aromatic N) is 3. The average Bonchev–Trinajstić information content (AvgIpc) is 3.17. The van der Waals surface area contributed by atoms with Gasteiger partial charge < -0.3 is 4.57 Å². The number of H-pyrrole nitrogens is 1. The van der Waals surface area contributed by atoms with Crippen LogP contribution in [-0.4, -0.2) is 19.1 Å². The lowest BCUT2D eigenvalue weighted by molar-refractivity contribution is 0.527. The maximum absolute atomic E-state index is 12.6. The monoisotopic (exact) mass is 456 g/mol. The highest BCUT2D eigenvalue weighted by Gasteiger charge is 2.17. The topological polar surface area (TPSA) is 72.7 Å². The number of aromatic nitrogens is 4. The summed E-state index contributed by atoms with van der Waals surface area (Å²) in [6, 6.07) is 10.2. The van der Waals surface area contributed by atoms with E-state index >= 15 is 0 Å². The molecule has 0 saturated carbocycles. The van der Waals surface area contributed by atoms with Crippen LogP contribution in [0, 0.1) is 0 Å². The third kappa shape index (κ3) is 6.61. The van der Waals surface area contributed by atoms with Gasteiger partial charge in [-0.2, -0.15) is 0 Å². The summed E-state index contributed by atoms with van der Waals surface area (Å²) in [6.45, 7) is 2.99. The highest BCUT2D eigenvalue weighted by atomic mass is 32.2. The van der Waals surface area contributed by atoms with Crippen molar-refractivity contribution in [1.82, 2.24) is 19.1 Å². The molecule has 0 saturated heterocycles. The zero-order chi connectivity index (χ0) is 22.8. The van der Waals surface area contributed by atoms with Crippen molar-refractivity contribution in [2.24, 2.45) is 7.05 Å². The van der Waals surface area contributed by atoms with Gasteiger partial charge in [0, 0.05) is 19.3 Å². The molecule has 0 aliphatic heterocycles. The van der Waals surface area contributed by atoms with Gasteiger partial charge in [0.2, 0.25) is 0 Å². The molecule has 0 bridgehead atoms. The minimum atomic E-state index is -0.425. The molecule has 0 aliphatic carbocycles. The fraction of sp³-hybridized carbons (Fsp3) is 0.560. The van der Waals surface area contributed by atoms with E-state index < -0.39 is 5.69 Å². The van der Waals surface area contributed by atoms with E-state index in [1.54, 1.807) is 18.8 Å². The number of hydrogen-bond donors (Lipinski definition) is 1. The Morgan fingerprint density at radius 1 is 0.906 bits per heavy atom. The first kappa shape index (κ1) is 24.4. The van der Waals surface area contributed by atoms with Crippen LogP contribution in [0.15, 0.2) is 45.1 Å². The molecule has 1 aromatic carbocycles. The second-order valence-electron chi connectivity index (χ2n) is 8.49. The largest absolute Gasteiger partial charge is 0.329 e. The first-order valence-electron chi connectivity index (χ1n) is 12.0. The lowest BCUT2D eigenvalue weighted by atomic mass is 10.1. The smallest absolute Gasteiger partial charge is 0.313 e. The second-order valence-corrected chi connectivity index (χ2v) is 9.44. The molecule has 1 N–H and O–H groups in total. The van der Waals surface area contributed by atoms with Crippen LogP contribution in [0.4, 0.5) is 0 Å². The maximum Gasteiger partial charge on any atom is 0.329 e. The first-order valence-corrected chi connectivity index (χ1v) is 13.0. The van der Waals surface area contributed by atoms with Crippen molar-refractivity contribution in [3.63, 3.8) is 0 Å². The van der Waals surface area contributed by atoms with Gasteiger partial charge in [0.05, 0.1) is 0 Å². The predicted octanol–water partition coefficient (Wildman–Crippen LogP) is 5.64. The minimum absolute atomic E-state index is 0.353.